The number of likely N-dealkylation sites (tertiary alicyclic amines) is 1. The quantitative estimate of drug-likeness (QED) is 0.778. The molecule has 2 aliphatic heterocycles. The zero-order chi connectivity index (χ0) is 15.0. The van der Waals surface area contributed by atoms with Gasteiger partial charge in [-0.15, -0.1) is 0 Å². The van der Waals surface area contributed by atoms with Crippen LogP contribution < -0.4 is 0 Å². The Bertz CT molecular complexity index is 538. The summed E-state index contributed by atoms with van der Waals surface area (Å²) in [4.78, 5) is 2.41. The van der Waals surface area contributed by atoms with Crippen molar-refractivity contribution in [3.05, 3.63) is 23.7 Å². The Morgan fingerprint density at radius 3 is 2.95 bits per heavy atom. The minimum absolute atomic E-state index is 0.0566. The minimum atomic E-state index is -0.783. The van der Waals surface area contributed by atoms with Gasteiger partial charge in [-0.25, -0.2) is 0 Å². The Hall–Kier alpha value is -1.00. The highest BCUT2D eigenvalue weighted by molar-refractivity contribution is 5.36. The average molecular weight is 291 g/mol. The molecule has 2 bridgehead atoms. The van der Waals surface area contributed by atoms with Crippen molar-refractivity contribution in [3.8, 4) is 0 Å². The minimum Gasteiger partial charge on any atom is -0.504 e. The van der Waals surface area contributed by atoms with E-state index in [0.29, 0.717) is 5.92 Å². The fraction of sp³-hybridized carbons (Fsp3) is 0.765. The molecule has 3 fully saturated rings. The van der Waals surface area contributed by atoms with Crippen LogP contribution in [0.2, 0.25) is 0 Å². The van der Waals surface area contributed by atoms with Crippen molar-refractivity contribution in [3.63, 3.8) is 0 Å². The molecule has 0 radical (unpaired) electrons. The molecule has 2 saturated heterocycles. The maximum atomic E-state index is 11.5. The lowest BCUT2D eigenvalue weighted by Gasteiger charge is -2.63. The molecule has 4 heteroatoms. The van der Waals surface area contributed by atoms with Gasteiger partial charge in [0.2, 0.25) is 0 Å². The monoisotopic (exact) mass is 291 g/mol. The number of nitrogens with zero attached hydrogens (tertiary/aromatic N) is 1. The first-order chi connectivity index (χ1) is 9.93. The average Bonchev–Trinajstić information content (AvgIpc) is 2.72. The molecule has 1 saturated carbocycles. The number of fused-ring (bicyclic) bond motifs is 1. The number of hydrogen-bond acceptors (Lipinski definition) is 4. The third-order valence-electron chi connectivity index (χ3n) is 6.79. The third-order valence-corrected chi connectivity index (χ3v) is 6.79. The van der Waals surface area contributed by atoms with E-state index < -0.39 is 5.60 Å². The second-order valence-corrected chi connectivity index (χ2v) is 7.33. The van der Waals surface area contributed by atoms with Gasteiger partial charge < -0.3 is 14.9 Å². The summed E-state index contributed by atoms with van der Waals surface area (Å²) >= 11 is 0. The molecule has 0 aromatic heterocycles. The van der Waals surface area contributed by atoms with Crippen molar-refractivity contribution in [1.29, 1.82) is 0 Å². The van der Waals surface area contributed by atoms with E-state index >= 15 is 0 Å². The van der Waals surface area contributed by atoms with E-state index in [2.05, 4.69) is 24.8 Å². The highest BCUT2D eigenvalue weighted by Crippen LogP contribution is 2.66. The first-order valence-electron chi connectivity index (χ1n) is 8.18. The van der Waals surface area contributed by atoms with Gasteiger partial charge in [0.05, 0.1) is 5.60 Å². The van der Waals surface area contributed by atoms with E-state index in [1.807, 2.05) is 6.92 Å². The van der Waals surface area contributed by atoms with Crippen LogP contribution in [0.3, 0.4) is 0 Å². The fourth-order valence-electron chi connectivity index (χ4n) is 5.78. The van der Waals surface area contributed by atoms with Crippen molar-refractivity contribution in [2.24, 2.45) is 17.3 Å². The number of piperidine rings is 1. The van der Waals surface area contributed by atoms with Crippen molar-refractivity contribution >= 4 is 0 Å². The Balaban J connectivity index is 1.89. The van der Waals surface area contributed by atoms with Crippen LogP contribution in [0.15, 0.2) is 23.7 Å². The van der Waals surface area contributed by atoms with Crippen molar-refractivity contribution < 1.29 is 14.9 Å². The van der Waals surface area contributed by atoms with Gasteiger partial charge in [-0.1, -0.05) is 13.0 Å². The van der Waals surface area contributed by atoms with Gasteiger partial charge in [0.15, 0.2) is 5.76 Å². The number of ether oxygens (including phenoxy) is 1. The summed E-state index contributed by atoms with van der Waals surface area (Å²) in [6.07, 6.45) is 5.72. The molecule has 0 amide bonds. The summed E-state index contributed by atoms with van der Waals surface area (Å²) in [5.74, 6) is 1.47. The van der Waals surface area contributed by atoms with E-state index in [9.17, 15) is 10.2 Å². The fourth-order valence-corrected chi connectivity index (χ4v) is 5.78. The molecule has 2 N–H and O–H groups in total. The summed E-state index contributed by atoms with van der Waals surface area (Å²) in [7, 11) is 0. The predicted octanol–water partition coefficient (Wildman–Crippen LogP) is 2.21. The molecule has 4 nitrogen and oxygen atoms in total. The van der Waals surface area contributed by atoms with E-state index in [1.165, 1.54) is 0 Å². The molecular formula is C17H25NO3. The molecule has 1 spiro atoms. The lowest BCUT2D eigenvalue weighted by molar-refractivity contribution is -0.219. The van der Waals surface area contributed by atoms with Gasteiger partial charge in [0, 0.05) is 17.4 Å². The molecule has 2 unspecified atom stereocenters. The van der Waals surface area contributed by atoms with Crippen LogP contribution >= 0.6 is 0 Å². The normalized spacial score (nSPS) is 51.8. The summed E-state index contributed by atoms with van der Waals surface area (Å²) in [6.45, 7) is 8.21. The SMILES string of the molecule is CCN1CC[C@@]23C4C(=C(O)C=CC4C[C@@H]1[C@@]2(C)O)O[C@H]3C. The number of allylic oxidation sites excluding steroid dienone is 3. The first-order valence-corrected chi connectivity index (χ1v) is 8.18. The zero-order valence-electron chi connectivity index (χ0n) is 13.0. The second-order valence-electron chi connectivity index (χ2n) is 7.33. The Morgan fingerprint density at radius 2 is 2.24 bits per heavy atom. The number of hydrogen-bond donors (Lipinski definition) is 2. The Labute approximate surface area is 126 Å². The van der Waals surface area contributed by atoms with Crippen LogP contribution in [-0.4, -0.2) is 45.9 Å². The molecule has 0 aromatic rings. The largest absolute Gasteiger partial charge is 0.504 e. The lowest BCUT2D eigenvalue weighted by Crippen LogP contribution is -2.72. The molecule has 0 aromatic carbocycles. The van der Waals surface area contributed by atoms with Crippen LogP contribution in [0.4, 0.5) is 0 Å². The third kappa shape index (κ3) is 1.38. The summed E-state index contributed by atoms with van der Waals surface area (Å²) in [5, 5.41) is 21.7. The maximum Gasteiger partial charge on any atom is 0.153 e. The van der Waals surface area contributed by atoms with Crippen LogP contribution in [0.1, 0.15) is 33.6 Å². The zero-order valence-corrected chi connectivity index (χ0v) is 13.0. The van der Waals surface area contributed by atoms with E-state index in [0.717, 1.165) is 31.7 Å². The Morgan fingerprint density at radius 1 is 1.48 bits per heavy atom. The van der Waals surface area contributed by atoms with Crippen LogP contribution in [-0.2, 0) is 4.74 Å². The predicted molar refractivity (Wildman–Crippen MR) is 79.6 cm³/mol. The van der Waals surface area contributed by atoms with Gasteiger partial charge in [-0.3, -0.25) is 4.90 Å². The summed E-state index contributed by atoms with van der Waals surface area (Å²) in [6, 6.07) is 0.174. The van der Waals surface area contributed by atoms with Crippen molar-refractivity contribution in [2.75, 3.05) is 13.1 Å². The van der Waals surface area contributed by atoms with Gasteiger partial charge >= 0.3 is 0 Å². The van der Waals surface area contributed by atoms with E-state index in [-0.39, 0.29) is 29.2 Å². The van der Waals surface area contributed by atoms with Gasteiger partial charge in [-0.2, -0.15) is 0 Å². The molecule has 6 atom stereocenters. The molecule has 2 heterocycles. The van der Waals surface area contributed by atoms with Gasteiger partial charge in [0.25, 0.3) is 0 Å². The first kappa shape index (κ1) is 13.6. The number of aliphatic hydroxyl groups is 2. The highest BCUT2D eigenvalue weighted by atomic mass is 16.5. The molecule has 4 rings (SSSR count). The van der Waals surface area contributed by atoms with E-state index in [4.69, 9.17) is 4.74 Å². The molecule has 2 aliphatic carbocycles. The van der Waals surface area contributed by atoms with Crippen LogP contribution in [0.5, 0.6) is 0 Å². The topological polar surface area (TPSA) is 52.9 Å². The molecule has 4 aliphatic rings. The van der Waals surface area contributed by atoms with Gasteiger partial charge in [0.1, 0.15) is 11.9 Å². The van der Waals surface area contributed by atoms with E-state index in [1.54, 1.807) is 6.08 Å². The van der Waals surface area contributed by atoms with Crippen LogP contribution in [0, 0.1) is 17.3 Å². The molecule has 116 valence electrons. The summed E-state index contributed by atoms with van der Waals surface area (Å²) in [5.41, 5.74) is -1.06. The van der Waals surface area contributed by atoms with Crippen LogP contribution in [0.25, 0.3) is 0 Å². The maximum absolute atomic E-state index is 11.5. The lowest BCUT2D eigenvalue weighted by atomic mass is 9.48. The Kier molecular flexibility index (Phi) is 2.63. The number of likely N-dealkylation sites (N-methyl/N-ethyl adjacent to an activating group) is 1. The van der Waals surface area contributed by atoms with Gasteiger partial charge in [-0.05, 0) is 51.8 Å². The number of aliphatic hydroxyl groups excluding tert-OH is 1. The van der Waals surface area contributed by atoms with Crippen molar-refractivity contribution in [2.45, 2.75) is 51.4 Å². The van der Waals surface area contributed by atoms with Crippen molar-refractivity contribution in [1.82, 2.24) is 4.90 Å². The number of rotatable bonds is 1. The molecular weight excluding hydrogens is 266 g/mol. The smallest absolute Gasteiger partial charge is 0.153 e. The highest BCUT2D eigenvalue weighted by Gasteiger charge is 2.71. The standard InChI is InChI=1S/C17H25NO3/c1-4-18-8-7-17-10(2)21-15-12(19)6-5-11(14(15)17)9-13(18)16(17,3)20/h5-6,10-11,13-14,19-20H,4,7-9H2,1-3H3/t10-,11?,13+,14?,16+,17+/m0/s1. The second kappa shape index (κ2) is 4.05. The molecule has 21 heavy (non-hydrogen) atoms. The summed E-state index contributed by atoms with van der Waals surface area (Å²) < 4.78 is 6.07.